The zero-order chi connectivity index (χ0) is 24.2. The number of carbonyl (C=O) groups excluding carboxylic acids is 2. The number of hydrogen-bond acceptors (Lipinski definition) is 5. The van der Waals surface area contributed by atoms with Crippen molar-refractivity contribution in [2.75, 3.05) is 40.8 Å². The van der Waals surface area contributed by atoms with E-state index in [1.807, 2.05) is 24.3 Å². The number of ether oxygens (including phenoxy) is 3. The molecule has 0 spiro atoms. The molecule has 0 radical (unpaired) electrons. The lowest BCUT2D eigenvalue weighted by Gasteiger charge is -2.38. The predicted octanol–water partition coefficient (Wildman–Crippen LogP) is 4.98. The molecule has 1 aliphatic heterocycles. The lowest BCUT2D eigenvalue weighted by atomic mass is 9.91. The molecule has 0 saturated carbocycles. The zero-order valence-electron chi connectivity index (χ0n) is 20.2. The average Bonchev–Trinajstić information content (AvgIpc) is 2.84. The van der Waals surface area contributed by atoms with Crippen LogP contribution in [0.25, 0.3) is 21.5 Å². The van der Waals surface area contributed by atoms with E-state index in [1.54, 1.807) is 0 Å². The highest BCUT2D eigenvalue weighted by molar-refractivity contribution is 6.16. The number of methoxy groups -OCH3 is 2. The molecule has 3 aromatic carbocycles. The van der Waals surface area contributed by atoms with E-state index in [0.29, 0.717) is 11.5 Å². The molecule has 3 aromatic rings. The SMILES string of the molecule is CCC(C)c1ccc2cc3ccccc3c(C(=O)OC3CN(COC)C(=O)N(COC)C3)c2c1. The van der Waals surface area contributed by atoms with Crippen molar-refractivity contribution in [3.63, 3.8) is 0 Å². The lowest BCUT2D eigenvalue weighted by molar-refractivity contribution is -0.0400. The van der Waals surface area contributed by atoms with E-state index < -0.39 is 12.1 Å². The molecule has 34 heavy (non-hydrogen) atoms. The van der Waals surface area contributed by atoms with Gasteiger partial charge in [-0.1, -0.05) is 50.2 Å². The van der Waals surface area contributed by atoms with Crippen LogP contribution < -0.4 is 0 Å². The Kier molecular flexibility index (Phi) is 7.34. The Morgan fingerprint density at radius 2 is 1.62 bits per heavy atom. The Morgan fingerprint density at radius 1 is 0.971 bits per heavy atom. The van der Waals surface area contributed by atoms with E-state index >= 15 is 0 Å². The van der Waals surface area contributed by atoms with Gasteiger partial charge in [-0.15, -0.1) is 0 Å². The summed E-state index contributed by atoms with van der Waals surface area (Å²) < 4.78 is 16.4. The fourth-order valence-corrected chi connectivity index (χ4v) is 4.56. The van der Waals surface area contributed by atoms with Gasteiger partial charge < -0.3 is 14.2 Å². The minimum Gasteiger partial charge on any atom is -0.455 e. The average molecular weight is 465 g/mol. The van der Waals surface area contributed by atoms with E-state index in [0.717, 1.165) is 28.0 Å². The molecule has 0 aromatic heterocycles. The Bertz CT molecular complexity index is 1180. The number of esters is 1. The molecule has 1 fully saturated rings. The van der Waals surface area contributed by atoms with Crippen molar-refractivity contribution in [3.8, 4) is 0 Å². The highest BCUT2D eigenvalue weighted by atomic mass is 16.5. The van der Waals surface area contributed by atoms with Crippen molar-refractivity contribution in [2.24, 2.45) is 0 Å². The summed E-state index contributed by atoms with van der Waals surface area (Å²) in [5, 5.41) is 3.73. The minimum absolute atomic E-state index is 0.114. The van der Waals surface area contributed by atoms with Crippen LogP contribution >= 0.6 is 0 Å². The first kappa shape index (κ1) is 24.0. The third kappa shape index (κ3) is 4.72. The molecule has 0 N–H and O–H groups in total. The van der Waals surface area contributed by atoms with E-state index in [9.17, 15) is 9.59 Å². The summed E-state index contributed by atoms with van der Waals surface area (Å²) in [5.74, 6) is -0.00788. The molecule has 1 unspecified atom stereocenters. The number of carbonyl (C=O) groups is 2. The molecule has 1 saturated heterocycles. The molecule has 180 valence electrons. The normalized spacial score (nSPS) is 15.8. The topological polar surface area (TPSA) is 68.3 Å². The van der Waals surface area contributed by atoms with Gasteiger partial charge in [0.05, 0.1) is 18.7 Å². The number of amides is 2. The molecular weight excluding hydrogens is 432 g/mol. The first-order valence-corrected chi connectivity index (χ1v) is 11.6. The number of urea groups is 1. The second kappa shape index (κ2) is 10.4. The molecule has 4 rings (SSSR count). The van der Waals surface area contributed by atoms with Crippen molar-refractivity contribution < 1.29 is 23.8 Å². The van der Waals surface area contributed by atoms with Gasteiger partial charge in [0.2, 0.25) is 0 Å². The molecule has 7 nitrogen and oxygen atoms in total. The molecule has 1 aliphatic rings. The third-order valence-corrected chi connectivity index (χ3v) is 6.51. The fourth-order valence-electron chi connectivity index (χ4n) is 4.56. The van der Waals surface area contributed by atoms with Gasteiger partial charge in [-0.25, -0.2) is 9.59 Å². The smallest absolute Gasteiger partial charge is 0.339 e. The van der Waals surface area contributed by atoms with E-state index in [-0.39, 0.29) is 32.6 Å². The van der Waals surface area contributed by atoms with Crippen LogP contribution in [-0.2, 0) is 14.2 Å². The lowest BCUT2D eigenvalue weighted by Crippen LogP contribution is -2.57. The van der Waals surface area contributed by atoms with Crippen LogP contribution in [0.1, 0.15) is 42.1 Å². The summed E-state index contributed by atoms with van der Waals surface area (Å²) in [4.78, 5) is 29.4. The number of rotatable bonds is 8. The first-order chi connectivity index (χ1) is 16.5. The quantitative estimate of drug-likeness (QED) is 0.348. The maximum absolute atomic E-state index is 13.7. The summed E-state index contributed by atoms with van der Waals surface area (Å²) in [5.41, 5.74) is 1.76. The summed E-state index contributed by atoms with van der Waals surface area (Å²) in [6.45, 7) is 5.10. The number of fused-ring (bicyclic) bond motifs is 2. The van der Waals surface area contributed by atoms with Gasteiger partial charge in [-0.05, 0) is 51.6 Å². The van der Waals surface area contributed by atoms with Crippen molar-refractivity contribution in [1.29, 1.82) is 0 Å². The Morgan fingerprint density at radius 3 is 2.26 bits per heavy atom. The van der Waals surface area contributed by atoms with Crippen LogP contribution in [0.15, 0.2) is 48.5 Å². The monoisotopic (exact) mass is 464 g/mol. The minimum atomic E-state index is -0.512. The highest BCUT2D eigenvalue weighted by Crippen LogP contribution is 2.32. The predicted molar refractivity (Wildman–Crippen MR) is 132 cm³/mol. The van der Waals surface area contributed by atoms with Gasteiger partial charge in [0.15, 0.2) is 0 Å². The maximum Gasteiger partial charge on any atom is 0.339 e. The van der Waals surface area contributed by atoms with Gasteiger partial charge in [0.1, 0.15) is 19.6 Å². The van der Waals surface area contributed by atoms with Crippen LogP contribution in [0.5, 0.6) is 0 Å². The first-order valence-electron chi connectivity index (χ1n) is 11.6. The molecule has 7 heteroatoms. The van der Waals surface area contributed by atoms with Crippen LogP contribution in [-0.4, -0.2) is 68.7 Å². The number of benzene rings is 3. The number of hydrogen-bond donors (Lipinski definition) is 0. The number of nitrogens with zero attached hydrogens (tertiary/aromatic N) is 2. The second-order valence-electron chi connectivity index (χ2n) is 8.85. The fraction of sp³-hybridized carbons (Fsp3) is 0.407. The van der Waals surface area contributed by atoms with E-state index in [2.05, 4.69) is 38.1 Å². The van der Waals surface area contributed by atoms with Crippen LogP contribution in [0, 0.1) is 0 Å². The van der Waals surface area contributed by atoms with Crippen LogP contribution in [0.3, 0.4) is 0 Å². The molecule has 1 heterocycles. The zero-order valence-corrected chi connectivity index (χ0v) is 20.2. The maximum atomic E-state index is 13.7. The Balaban J connectivity index is 1.73. The largest absolute Gasteiger partial charge is 0.455 e. The van der Waals surface area contributed by atoms with Crippen molar-refractivity contribution in [1.82, 2.24) is 9.80 Å². The van der Waals surface area contributed by atoms with Crippen molar-refractivity contribution in [2.45, 2.75) is 32.3 Å². The molecule has 0 bridgehead atoms. The second-order valence-corrected chi connectivity index (χ2v) is 8.85. The third-order valence-electron chi connectivity index (χ3n) is 6.51. The summed E-state index contributed by atoms with van der Waals surface area (Å²) in [6.07, 6.45) is 0.502. The van der Waals surface area contributed by atoms with Gasteiger partial charge in [0.25, 0.3) is 0 Å². The summed E-state index contributed by atoms with van der Waals surface area (Å²) >= 11 is 0. The molecule has 2 amide bonds. The summed E-state index contributed by atoms with van der Waals surface area (Å²) in [7, 11) is 3.06. The molecule has 0 aliphatic carbocycles. The van der Waals surface area contributed by atoms with Gasteiger partial charge in [-0.2, -0.15) is 0 Å². The van der Waals surface area contributed by atoms with Gasteiger partial charge in [0, 0.05) is 14.2 Å². The van der Waals surface area contributed by atoms with Crippen molar-refractivity contribution >= 4 is 33.5 Å². The highest BCUT2D eigenvalue weighted by Gasteiger charge is 2.34. The van der Waals surface area contributed by atoms with Gasteiger partial charge >= 0.3 is 12.0 Å². The van der Waals surface area contributed by atoms with Crippen molar-refractivity contribution in [3.05, 3.63) is 59.7 Å². The Labute approximate surface area is 200 Å². The molecular formula is C27H32N2O5. The Hall–Kier alpha value is -3.16. The summed E-state index contributed by atoms with van der Waals surface area (Å²) in [6, 6.07) is 16.1. The van der Waals surface area contributed by atoms with Gasteiger partial charge in [-0.3, -0.25) is 9.80 Å². The van der Waals surface area contributed by atoms with E-state index in [1.165, 1.54) is 29.6 Å². The van der Waals surface area contributed by atoms with E-state index in [4.69, 9.17) is 14.2 Å². The molecule has 1 atom stereocenters. The van der Waals surface area contributed by atoms with Crippen LogP contribution in [0.2, 0.25) is 0 Å². The standard InChI is InChI=1S/C27H32N2O5/c1-5-18(2)19-10-11-21-12-20-8-6-7-9-23(20)25(24(21)13-19)26(30)34-22-14-28(16-32-3)27(31)29(15-22)17-33-4/h6-13,18,22H,5,14-17H2,1-4H3. The van der Waals surface area contributed by atoms with Crippen LogP contribution in [0.4, 0.5) is 4.79 Å².